The number of para-hydroxylation sites is 1. The van der Waals surface area contributed by atoms with Crippen LogP contribution in [0.3, 0.4) is 0 Å². The molecule has 2 aromatic rings. The van der Waals surface area contributed by atoms with Crippen LogP contribution in [-0.2, 0) is 9.59 Å². The number of piperazine rings is 1. The zero-order valence-corrected chi connectivity index (χ0v) is 18.2. The summed E-state index contributed by atoms with van der Waals surface area (Å²) in [6.45, 7) is 7.67. The summed E-state index contributed by atoms with van der Waals surface area (Å²) in [5.41, 5.74) is 10.5. The first-order valence-electron chi connectivity index (χ1n) is 10.9. The molecule has 2 unspecified atom stereocenters. The van der Waals surface area contributed by atoms with Crippen LogP contribution >= 0.6 is 0 Å². The molecule has 7 nitrogen and oxygen atoms in total. The summed E-state index contributed by atoms with van der Waals surface area (Å²) in [7, 11) is 0. The lowest BCUT2D eigenvalue weighted by Crippen LogP contribution is -2.52. The first-order valence-corrected chi connectivity index (χ1v) is 10.9. The Morgan fingerprint density at radius 2 is 1.65 bits per heavy atom. The molecule has 0 bridgehead atoms. The lowest BCUT2D eigenvalue weighted by molar-refractivity contribution is -0.137. The number of hydrogen-bond acceptors (Lipinski definition) is 5. The molecule has 2 saturated heterocycles. The minimum atomic E-state index is -0.124. The smallest absolute Gasteiger partial charge is 0.238 e. The fraction of sp³-hybridized carbons (Fsp3) is 0.417. The molecule has 2 fully saturated rings. The van der Waals surface area contributed by atoms with Gasteiger partial charge in [0, 0.05) is 38.4 Å². The molecule has 0 radical (unpaired) electrons. The van der Waals surface area contributed by atoms with E-state index in [2.05, 4.69) is 33.2 Å². The molecular weight excluding hydrogens is 390 g/mol. The largest absolute Gasteiger partial charge is 0.340 e. The van der Waals surface area contributed by atoms with Crippen LogP contribution in [0.25, 0.3) is 0 Å². The van der Waals surface area contributed by atoms with Crippen molar-refractivity contribution in [1.29, 1.82) is 0 Å². The van der Waals surface area contributed by atoms with Crippen molar-refractivity contribution in [1.82, 2.24) is 20.7 Å². The fourth-order valence-electron chi connectivity index (χ4n) is 4.46. The van der Waals surface area contributed by atoms with Gasteiger partial charge >= 0.3 is 0 Å². The number of benzene rings is 2. The van der Waals surface area contributed by atoms with Crippen molar-refractivity contribution in [2.24, 2.45) is 5.92 Å². The van der Waals surface area contributed by atoms with Gasteiger partial charge in [0.1, 0.15) is 0 Å². The van der Waals surface area contributed by atoms with E-state index in [-0.39, 0.29) is 23.8 Å². The van der Waals surface area contributed by atoms with E-state index in [1.54, 1.807) is 0 Å². The highest BCUT2D eigenvalue weighted by atomic mass is 16.2. The van der Waals surface area contributed by atoms with Crippen LogP contribution in [0.5, 0.6) is 0 Å². The standard InChI is InChI=1S/C24H31N5O2/c1-17-7-6-8-18(2)22(17)26-21(30)16-28-11-13-29(14-12-28)24(31)20-15-25-27-23(20)19-9-4-3-5-10-19/h3-10,20,23,25,27H,11-16H2,1-2H3,(H,26,30). The van der Waals surface area contributed by atoms with E-state index < -0.39 is 0 Å². The third kappa shape index (κ3) is 4.95. The number of aryl methyl sites for hydroxylation is 2. The Morgan fingerprint density at radius 1 is 0.968 bits per heavy atom. The summed E-state index contributed by atoms with van der Waals surface area (Å²) in [6, 6.07) is 16.1. The highest BCUT2D eigenvalue weighted by molar-refractivity contribution is 5.93. The fourth-order valence-corrected chi connectivity index (χ4v) is 4.46. The van der Waals surface area contributed by atoms with Gasteiger partial charge < -0.3 is 10.2 Å². The van der Waals surface area contributed by atoms with Crippen molar-refractivity contribution in [2.45, 2.75) is 19.9 Å². The number of carbonyl (C=O) groups is 2. The number of amides is 2. The first-order chi connectivity index (χ1) is 15.0. The van der Waals surface area contributed by atoms with E-state index in [4.69, 9.17) is 0 Å². The van der Waals surface area contributed by atoms with Crippen LogP contribution in [0.1, 0.15) is 22.7 Å². The molecule has 4 rings (SSSR count). The van der Waals surface area contributed by atoms with Gasteiger partial charge in [-0.1, -0.05) is 48.5 Å². The van der Waals surface area contributed by atoms with Crippen molar-refractivity contribution in [2.75, 3.05) is 44.6 Å². The second-order valence-corrected chi connectivity index (χ2v) is 8.44. The molecule has 2 aliphatic rings. The maximum Gasteiger partial charge on any atom is 0.238 e. The molecule has 7 heteroatoms. The minimum Gasteiger partial charge on any atom is -0.340 e. The van der Waals surface area contributed by atoms with Crippen LogP contribution in [0.2, 0.25) is 0 Å². The zero-order valence-electron chi connectivity index (χ0n) is 18.2. The second-order valence-electron chi connectivity index (χ2n) is 8.44. The Labute approximate surface area is 183 Å². The lowest BCUT2D eigenvalue weighted by atomic mass is 9.93. The molecule has 0 aromatic heterocycles. The average Bonchev–Trinajstić information content (AvgIpc) is 3.27. The molecule has 2 aliphatic heterocycles. The molecule has 2 amide bonds. The predicted octanol–water partition coefficient (Wildman–Crippen LogP) is 1.85. The molecule has 2 aromatic carbocycles. The topological polar surface area (TPSA) is 76.7 Å². The van der Waals surface area contributed by atoms with Gasteiger partial charge in [-0.2, -0.15) is 0 Å². The number of carbonyl (C=O) groups excluding carboxylic acids is 2. The molecule has 2 atom stereocenters. The van der Waals surface area contributed by atoms with Gasteiger partial charge in [-0.05, 0) is 30.5 Å². The van der Waals surface area contributed by atoms with Gasteiger partial charge in [0.15, 0.2) is 0 Å². The molecular formula is C24H31N5O2. The zero-order chi connectivity index (χ0) is 21.8. The number of hydrogen-bond donors (Lipinski definition) is 3. The lowest BCUT2D eigenvalue weighted by Gasteiger charge is -2.36. The van der Waals surface area contributed by atoms with Crippen molar-refractivity contribution < 1.29 is 9.59 Å². The highest BCUT2D eigenvalue weighted by Gasteiger charge is 2.37. The van der Waals surface area contributed by atoms with Gasteiger partial charge in [-0.3, -0.25) is 19.9 Å². The maximum absolute atomic E-state index is 13.2. The van der Waals surface area contributed by atoms with Gasteiger partial charge in [0.05, 0.1) is 18.5 Å². The summed E-state index contributed by atoms with van der Waals surface area (Å²) >= 11 is 0. The Hall–Kier alpha value is -2.74. The third-order valence-electron chi connectivity index (χ3n) is 6.25. The van der Waals surface area contributed by atoms with E-state index >= 15 is 0 Å². The summed E-state index contributed by atoms with van der Waals surface area (Å²) in [5, 5.41) is 3.05. The normalized spacial score (nSPS) is 21.8. The first kappa shape index (κ1) is 21.5. The SMILES string of the molecule is Cc1cccc(C)c1NC(=O)CN1CCN(C(=O)C2CNNC2c2ccccc2)CC1. The Balaban J connectivity index is 1.29. The summed E-state index contributed by atoms with van der Waals surface area (Å²) in [6.07, 6.45) is 0. The van der Waals surface area contributed by atoms with Gasteiger partial charge in [0.2, 0.25) is 11.8 Å². The minimum absolute atomic E-state index is 0.00879. The molecule has 31 heavy (non-hydrogen) atoms. The van der Waals surface area contributed by atoms with Gasteiger partial charge in [-0.25, -0.2) is 5.43 Å². The van der Waals surface area contributed by atoms with Crippen molar-refractivity contribution in [3.05, 3.63) is 65.2 Å². The van der Waals surface area contributed by atoms with Crippen LogP contribution < -0.4 is 16.2 Å². The molecule has 164 valence electrons. The Kier molecular flexibility index (Phi) is 6.65. The van der Waals surface area contributed by atoms with Gasteiger partial charge in [-0.15, -0.1) is 0 Å². The molecule has 0 aliphatic carbocycles. The number of rotatable bonds is 5. The van der Waals surface area contributed by atoms with Crippen molar-refractivity contribution >= 4 is 17.5 Å². The summed E-state index contributed by atoms with van der Waals surface area (Å²) < 4.78 is 0. The Morgan fingerprint density at radius 3 is 2.32 bits per heavy atom. The van der Waals surface area contributed by atoms with Crippen LogP contribution in [0.15, 0.2) is 48.5 Å². The number of hydrazine groups is 1. The predicted molar refractivity (Wildman–Crippen MR) is 121 cm³/mol. The molecule has 3 N–H and O–H groups in total. The monoisotopic (exact) mass is 421 g/mol. The third-order valence-corrected chi connectivity index (χ3v) is 6.25. The highest BCUT2D eigenvalue weighted by Crippen LogP contribution is 2.27. The van der Waals surface area contributed by atoms with Crippen LogP contribution in [0, 0.1) is 19.8 Å². The maximum atomic E-state index is 13.2. The van der Waals surface area contributed by atoms with E-state index in [1.807, 2.05) is 55.1 Å². The molecule has 2 heterocycles. The molecule has 0 spiro atoms. The van der Waals surface area contributed by atoms with E-state index in [1.165, 1.54) is 0 Å². The van der Waals surface area contributed by atoms with Crippen molar-refractivity contribution in [3.8, 4) is 0 Å². The molecule has 0 saturated carbocycles. The van der Waals surface area contributed by atoms with Crippen LogP contribution in [0.4, 0.5) is 5.69 Å². The second kappa shape index (κ2) is 9.60. The summed E-state index contributed by atoms with van der Waals surface area (Å²) in [4.78, 5) is 29.8. The van der Waals surface area contributed by atoms with E-state index in [0.29, 0.717) is 39.3 Å². The number of nitrogens with one attached hydrogen (secondary N) is 3. The van der Waals surface area contributed by atoms with E-state index in [0.717, 1.165) is 22.4 Å². The van der Waals surface area contributed by atoms with Gasteiger partial charge in [0.25, 0.3) is 0 Å². The average molecular weight is 422 g/mol. The number of anilines is 1. The Bertz CT molecular complexity index is 905. The van der Waals surface area contributed by atoms with Crippen LogP contribution in [-0.4, -0.2) is 60.9 Å². The quantitative estimate of drug-likeness (QED) is 0.687. The number of nitrogens with zero attached hydrogens (tertiary/aromatic N) is 2. The van der Waals surface area contributed by atoms with E-state index in [9.17, 15) is 9.59 Å². The van der Waals surface area contributed by atoms with Crippen molar-refractivity contribution in [3.63, 3.8) is 0 Å². The summed E-state index contributed by atoms with van der Waals surface area (Å²) in [5.74, 6) is 0.0396.